The summed E-state index contributed by atoms with van der Waals surface area (Å²) < 4.78 is 15.2. The van der Waals surface area contributed by atoms with Gasteiger partial charge in [0, 0.05) is 29.9 Å². The summed E-state index contributed by atoms with van der Waals surface area (Å²) in [4.78, 5) is 8.31. The molecule has 0 radical (unpaired) electrons. The lowest BCUT2D eigenvalue weighted by Crippen LogP contribution is -2.47. The van der Waals surface area contributed by atoms with E-state index in [4.69, 9.17) is 5.73 Å². The molecule has 0 amide bonds. The van der Waals surface area contributed by atoms with Gasteiger partial charge in [-0.25, -0.2) is 14.4 Å². The second-order valence-electron chi connectivity index (χ2n) is 5.59. The van der Waals surface area contributed by atoms with E-state index in [0.717, 1.165) is 0 Å². The third kappa shape index (κ3) is 3.20. The summed E-state index contributed by atoms with van der Waals surface area (Å²) in [5.74, 6) is 0.249. The van der Waals surface area contributed by atoms with Gasteiger partial charge in [-0.15, -0.1) is 0 Å². The molecule has 1 unspecified atom stereocenters. The zero-order chi connectivity index (χ0) is 15.6. The second kappa shape index (κ2) is 5.69. The van der Waals surface area contributed by atoms with E-state index in [1.165, 1.54) is 18.5 Å². The third-order valence-electron chi connectivity index (χ3n) is 3.34. The minimum absolute atomic E-state index is 0.322. The van der Waals surface area contributed by atoms with Crippen LogP contribution in [0.2, 0.25) is 0 Å². The molecule has 22 heavy (non-hydrogen) atoms. The molecule has 0 saturated carbocycles. The fourth-order valence-corrected chi connectivity index (χ4v) is 2.28. The lowest BCUT2D eigenvalue weighted by molar-refractivity contribution is 0.393. The lowest BCUT2D eigenvalue weighted by Gasteiger charge is -2.25. The van der Waals surface area contributed by atoms with Crippen LogP contribution in [0.5, 0.6) is 0 Å². The van der Waals surface area contributed by atoms with E-state index >= 15 is 0 Å². The van der Waals surface area contributed by atoms with Crippen molar-refractivity contribution in [3.63, 3.8) is 0 Å². The number of hydrogen-bond donors (Lipinski definition) is 2. The molecule has 114 valence electrons. The van der Waals surface area contributed by atoms with Crippen LogP contribution in [-0.2, 0) is 6.54 Å². The number of rotatable bonds is 5. The first-order valence-electron chi connectivity index (χ1n) is 6.94. The van der Waals surface area contributed by atoms with Crippen molar-refractivity contribution in [2.75, 3.05) is 11.9 Å². The van der Waals surface area contributed by atoms with Crippen LogP contribution in [0, 0.1) is 5.82 Å². The minimum Gasteiger partial charge on any atom is -0.368 e. The van der Waals surface area contributed by atoms with E-state index in [9.17, 15) is 4.39 Å². The molecule has 0 aliphatic rings. The highest BCUT2D eigenvalue weighted by atomic mass is 19.1. The zero-order valence-corrected chi connectivity index (χ0v) is 12.2. The fraction of sp³-hybridized carbons (Fsp3) is 0.267. The van der Waals surface area contributed by atoms with Crippen molar-refractivity contribution in [2.45, 2.75) is 19.0 Å². The molecule has 0 aliphatic carbocycles. The van der Waals surface area contributed by atoms with Crippen LogP contribution in [-0.4, -0.2) is 31.8 Å². The van der Waals surface area contributed by atoms with E-state index in [2.05, 4.69) is 20.4 Å². The van der Waals surface area contributed by atoms with Crippen LogP contribution >= 0.6 is 0 Å². The molecule has 1 aromatic carbocycles. The Labute approximate surface area is 127 Å². The number of benzene rings is 1. The number of hydrogen-bond acceptors (Lipinski definition) is 5. The highest BCUT2D eigenvalue weighted by Gasteiger charge is 2.20. The summed E-state index contributed by atoms with van der Waals surface area (Å²) in [6, 6.07) is 6.27. The predicted molar refractivity (Wildman–Crippen MR) is 82.8 cm³/mol. The Kier molecular flexibility index (Phi) is 3.72. The van der Waals surface area contributed by atoms with Crippen molar-refractivity contribution >= 4 is 16.7 Å². The maximum atomic E-state index is 13.4. The van der Waals surface area contributed by atoms with Crippen molar-refractivity contribution in [3.05, 3.63) is 48.8 Å². The van der Waals surface area contributed by atoms with Crippen molar-refractivity contribution in [1.82, 2.24) is 19.7 Å². The van der Waals surface area contributed by atoms with Crippen LogP contribution < -0.4 is 11.1 Å². The quantitative estimate of drug-likeness (QED) is 0.751. The number of nitrogens with zero attached hydrogens (tertiary/aromatic N) is 4. The summed E-state index contributed by atoms with van der Waals surface area (Å²) in [5, 5.41) is 7.97. The van der Waals surface area contributed by atoms with Crippen LogP contribution in [0.3, 0.4) is 0 Å². The van der Waals surface area contributed by atoms with Gasteiger partial charge in [-0.05, 0) is 31.2 Å². The van der Waals surface area contributed by atoms with Gasteiger partial charge in [0.2, 0.25) is 0 Å². The Morgan fingerprint density at radius 3 is 3.00 bits per heavy atom. The highest BCUT2D eigenvalue weighted by molar-refractivity contribution is 5.88. The normalized spacial score (nSPS) is 14.0. The molecule has 0 bridgehead atoms. The maximum absolute atomic E-state index is 13.4. The highest BCUT2D eigenvalue weighted by Crippen LogP contribution is 2.20. The van der Waals surface area contributed by atoms with Gasteiger partial charge < -0.3 is 11.1 Å². The molecule has 7 heteroatoms. The molecule has 0 aliphatic heterocycles. The van der Waals surface area contributed by atoms with Crippen molar-refractivity contribution in [3.8, 4) is 0 Å². The number of aromatic nitrogens is 4. The van der Waals surface area contributed by atoms with E-state index in [0.29, 0.717) is 29.8 Å². The van der Waals surface area contributed by atoms with E-state index in [1.807, 2.05) is 19.2 Å². The average molecular weight is 300 g/mol. The molecule has 0 spiro atoms. The van der Waals surface area contributed by atoms with Gasteiger partial charge in [0.05, 0.1) is 12.1 Å². The van der Waals surface area contributed by atoms with E-state index in [-0.39, 0.29) is 5.82 Å². The van der Waals surface area contributed by atoms with Crippen LogP contribution in [0.4, 0.5) is 10.2 Å². The third-order valence-corrected chi connectivity index (χ3v) is 3.34. The van der Waals surface area contributed by atoms with Gasteiger partial charge >= 0.3 is 0 Å². The average Bonchev–Trinajstić information content (AvgIpc) is 2.97. The molecule has 2 heterocycles. The summed E-state index contributed by atoms with van der Waals surface area (Å²) in [6.07, 6.45) is 5.02. The Bertz CT molecular complexity index is 769. The number of fused-ring (bicyclic) bond motifs is 1. The van der Waals surface area contributed by atoms with E-state index in [1.54, 1.807) is 16.9 Å². The van der Waals surface area contributed by atoms with E-state index < -0.39 is 5.54 Å². The smallest absolute Gasteiger partial charge is 0.137 e. The number of nitrogens with one attached hydrogen (secondary N) is 1. The molecule has 3 N–H and O–H groups in total. The van der Waals surface area contributed by atoms with Gasteiger partial charge in [0.1, 0.15) is 18.0 Å². The van der Waals surface area contributed by atoms with Gasteiger partial charge in [0.25, 0.3) is 0 Å². The zero-order valence-electron chi connectivity index (χ0n) is 12.2. The van der Waals surface area contributed by atoms with Gasteiger partial charge in [-0.2, -0.15) is 5.10 Å². The maximum Gasteiger partial charge on any atom is 0.137 e. The fourth-order valence-electron chi connectivity index (χ4n) is 2.28. The van der Waals surface area contributed by atoms with Crippen LogP contribution in [0.25, 0.3) is 10.9 Å². The number of halogens is 1. The largest absolute Gasteiger partial charge is 0.368 e. The van der Waals surface area contributed by atoms with Gasteiger partial charge in [0.15, 0.2) is 0 Å². The molecule has 0 fully saturated rings. The Morgan fingerprint density at radius 2 is 2.23 bits per heavy atom. The first kappa shape index (κ1) is 14.4. The predicted octanol–water partition coefficient (Wildman–Crippen LogP) is 1.79. The Balaban J connectivity index is 1.77. The Hall–Kier alpha value is -2.54. The molecule has 0 saturated heterocycles. The second-order valence-corrected chi connectivity index (χ2v) is 5.59. The summed E-state index contributed by atoms with van der Waals surface area (Å²) in [6.45, 7) is 2.95. The van der Waals surface area contributed by atoms with Gasteiger partial charge in [-0.1, -0.05) is 0 Å². The first-order valence-corrected chi connectivity index (χ1v) is 6.94. The van der Waals surface area contributed by atoms with Crippen molar-refractivity contribution < 1.29 is 4.39 Å². The molecule has 1 atom stereocenters. The molecule has 6 nitrogen and oxygen atoms in total. The van der Waals surface area contributed by atoms with Crippen molar-refractivity contribution in [2.24, 2.45) is 5.73 Å². The standard InChI is InChI=1S/C15H17FN6/c1-15(17,9-22-6-2-5-21-22)8-18-14-12-7-11(16)3-4-13(12)19-10-20-14/h2-7,10H,8-9,17H2,1H3,(H,18,19,20). The first-order chi connectivity index (χ1) is 10.5. The summed E-state index contributed by atoms with van der Waals surface area (Å²) in [5.41, 5.74) is 6.44. The summed E-state index contributed by atoms with van der Waals surface area (Å²) >= 11 is 0. The topological polar surface area (TPSA) is 81.6 Å². The molecule has 3 aromatic rings. The monoisotopic (exact) mass is 300 g/mol. The van der Waals surface area contributed by atoms with Crippen molar-refractivity contribution in [1.29, 1.82) is 0 Å². The number of anilines is 1. The molecule has 3 rings (SSSR count). The summed E-state index contributed by atoms with van der Waals surface area (Å²) in [7, 11) is 0. The van der Waals surface area contributed by atoms with Crippen LogP contribution in [0.1, 0.15) is 6.92 Å². The molecule has 2 aromatic heterocycles. The van der Waals surface area contributed by atoms with Gasteiger partial charge in [-0.3, -0.25) is 4.68 Å². The Morgan fingerprint density at radius 1 is 1.36 bits per heavy atom. The molecular formula is C15H17FN6. The lowest BCUT2D eigenvalue weighted by atomic mass is 10.0. The van der Waals surface area contributed by atoms with Crippen LogP contribution in [0.15, 0.2) is 43.0 Å². The number of nitrogens with two attached hydrogens (primary N) is 1. The minimum atomic E-state index is -0.531. The SMILES string of the molecule is CC(N)(CNc1ncnc2ccc(F)cc12)Cn1cccn1. The molecular weight excluding hydrogens is 283 g/mol.